The first-order chi connectivity index (χ1) is 9.25. The van der Waals surface area contributed by atoms with Crippen molar-refractivity contribution in [2.45, 2.75) is 6.92 Å². The van der Waals surface area contributed by atoms with E-state index in [1.807, 2.05) is 37.3 Å². The number of carbonyl (C=O) groups is 1. The summed E-state index contributed by atoms with van der Waals surface area (Å²) in [5.41, 5.74) is 1.97. The molecule has 2 aromatic rings. The summed E-state index contributed by atoms with van der Waals surface area (Å²) in [6, 6.07) is 9.57. The van der Waals surface area contributed by atoms with Crippen molar-refractivity contribution in [1.82, 2.24) is 4.98 Å². The van der Waals surface area contributed by atoms with Gasteiger partial charge in [-0.2, -0.15) is 0 Å². The van der Waals surface area contributed by atoms with Crippen LogP contribution >= 0.6 is 11.3 Å². The number of hydrogen-bond acceptors (Lipinski definition) is 5. The van der Waals surface area contributed by atoms with Crippen LogP contribution in [0.1, 0.15) is 17.4 Å². The highest BCUT2D eigenvalue weighted by atomic mass is 32.1. The Balaban J connectivity index is 1.70. The maximum atomic E-state index is 11.6. The number of carbonyl (C=O) groups excluding carboxylic acids is 1. The molecule has 19 heavy (non-hydrogen) atoms. The molecule has 100 valence electrons. The third-order valence-electron chi connectivity index (χ3n) is 2.42. The molecule has 0 saturated carbocycles. The molecule has 1 aromatic heterocycles. The summed E-state index contributed by atoms with van der Waals surface area (Å²) in [5.74, 6) is 0.566. The van der Waals surface area contributed by atoms with Crippen molar-refractivity contribution in [1.29, 1.82) is 0 Å². The fourth-order valence-electron chi connectivity index (χ4n) is 1.41. The molecule has 2 rings (SSSR count). The van der Waals surface area contributed by atoms with Crippen LogP contribution in [0.25, 0.3) is 0 Å². The predicted octanol–water partition coefficient (Wildman–Crippen LogP) is 3.02. The largest absolute Gasteiger partial charge is 0.493 e. The van der Waals surface area contributed by atoms with Crippen molar-refractivity contribution in [2.75, 3.05) is 13.2 Å². The zero-order chi connectivity index (χ0) is 13.5. The predicted molar refractivity (Wildman–Crippen MR) is 73.5 cm³/mol. The molecule has 1 unspecified atom stereocenters. The number of ether oxygens (including phenoxy) is 2. The van der Waals surface area contributed by atoms with Crippen molar-refractivity contribution >= 4 is 17.3 Å². The minimum Gasteiger partial charge on any atom is -0.493 e. The second-order valence-electron chi connectivity index (χ2n) is 4.20. The Hall–Kier alpha value is -1.88. The number of benzene rings is 1. The molecular weight excluding hydrogens is 262 g/mol. The van der Waals surface area contributed by atoms with Gasteiger partial charge in [0, 0.05) is 11.3 Å². The molecule has 0 aliphatic heterocycles. The Kier molecular flexibility index (Phi) is 4.92. The molecule has 0 amide bonds. The van der Waals surface area contributed by atoms with Gasteiger partial charge in [-0.15, -0.1) is 11.3 Å². The summed E-state index contributed by atoms with van der Waals surface area (Å²) in [6.07, 6.45) is 0. The normalized spacial score (nSPS) is 11.8. The highest BCUT2D eigenvalue weighted by molar-refractivity contribution is 7.07. The monoisotopic (exact) mass is 277 g/mol. The molecular formula is C14H15NO3S. The topological polar surface area (TPSA) is 48.4 Å². The van der Waals surface area contributed by atoms with Crippen LogP contribution in [-0.2, 0) is 4.74 Å². The number of aromatic nitrogens is 1. The Morgan fingerprint density at radius 3 is 2.79 bits per heavy atom. The Labute approximate surface area is 116 Å². The van der Waals surface area contributed by atoms with E-state index in [4.69, 9.17) is 9.47 Å². The van der Waals surface area contributed by atoms with Crippen LogP contribution in [0, 0.1) is 5.92 Å². The number of thiazole rings is 1. The zero-order valence-electron chi connectivity index (χ0n) is 10.6. The quantitative estimate of drug-likeness (QED) is 0.762. The molecule has 0 bridgehead atoms. The summed E-state index contributed by atoms with van der Waals surface area (Å²) >= 11 is 1.37. The number of nitrogens with zero attached hydrogens (tertiary/aromatic N) is 1. The van der Waals surface area contributed by atoms with E-state index in [0.29, 0.717) is 18.9 Å². The highest BCUT2D eigenvalue weighted by Gasteiger charge is 2.11. The third-order valence-corrected chi connectivity index (χ3v) is 3.00. The molecule has 0 fully saturated rings. The molecule has 4 nitrogen and oxygen atoms in total. The number of esters is 1. The smallest absolute Gasteiger partial charge is 0.357 e. The first kappa shape index (κ1) is 13.5. The van der Waals surface area contributed by atoms with Crippen LogP contribution in [0.15, 0.2) is 41.2 Å². The lowest BCUT2D eigenvalue weighted by atomic mass is 10.2. The van der Waals surface area contributed by atoms with Gasteiger partial charge in [0.05, 0.1) is 18.7 Å². The van der Waals surface area contributed by atoms with Gasteiger partial charge in [-0.1, -0.05) is 25.1 Å². The van der Waals surface area contributed by atoms with Gasteiger partial charge in [0.1, 0.15) is 5.75 Å². The van der Waals surface area contributed by atoms with Gasteiger partial charge in [0.15, 0.2) is 5.69 Å². The van der Waals surface area contributed by atoms with Crippen molar-refractivity contribution < 1.29 is 14.3 Å². The van der Waals surface area contributed by atoms with E-state index in [1.54, 1.807) is 10.9 Å². The fourth-order valence-corrected chi connectivity index (χ4v) is 1.93. The van der Waals surface area contributed by atoms with Gasteiger partial charge < -0.3 is 9.47 Å². The van der Waals surface area contributed by atoms with E-state index >= 15 is 0 Å². The summed E-state index contributed by atoms with van der Waals surface area (Å²) < 4.78 is 10.7. The van der Waals surface area contributed by atoms with E-state index in [9.17, 15) is 4.79 Å². The second kappa shape index (κ2) is 6.89. The lowest BCUT2D eigenvalue weighted by molar-refractivity contribution is 0.0409. The van der Waals surface area contributed by atoms with E-state index in [2.05, 4.69) is 4.98 Å². The van der Waals surface area contributed by atoms with E-state index in [-0.39, 0.29) is 11.9 Å². The van der Waals surface area contributed by atoms with Gasteiger partial charge in [0.2, 0.25) is 0 Å². The minimum absolute atomic E-state index is 0.128. The lowest BCUT2D eigenvalue weighted by Gasteiger charge is -2.13. The number of para-hydroxylation sites is 1. The summed E-state index contributed by atoms with van der Waals surface area (Å²) in [5, 5.41) is 1.67. The molecule has 0 radical (unpaired) electrons. The molecule has 0 aliphatic carbocycles. The molecule has 0 aliphatic rings. The second-order valence-corrected chi connectivity index (χ2v) is 4.92. The van der Waals surface area contributed by atoms with Crippen molar-refractivity contribution in [3.8, 4) is 5.75 Å². The van der Waals surface area contributed by atoms with Crippen LogP contribution in [-0.4, -0.2) is 24.2 Å². The SMILES string of the molecule is CC(COC(=O)c1cscn1)COc1ccccc1. The Bertz CT molecular complexity index is 499. The first-order valence-corrected chi connectivity index (χ1v) is 6.93. The lowest BCUT2D eigenvalue weighted by Crippen LogP contribution is -2.18. The van der Waals surface area contributed by atoms with Gasteiger partial charge in [-0.05, 0) is 12.1 Å². The van der Waals surface area contributed by atoms with Crippen LogP contribution < -0.4 is 4.74 Å². The van der Waals surface area contributed by atoms with Gasteiger partial charge in [0.25, 0.3) is 0 Å². The maximum Gasteiger partial charge on any atom is 0.357 e. The van der Waals surface area contributed by atoms with Crippen LogP contribution in [0.2, 0.25) is 0 Å². The summed E-state index contributed by atoms with van der Waals surface area (Å²) in [7, 11) is 0. The Morgan fingerprint density at radius 2 is 2.11 bits per heavy atom. The van der Waals surface area contributed by atoms with Gasteiger partial charge in [-0.25, -0.2) is 9.78 Å². The molecule has 0 N–H and O–H groups in total. The highest BCUT2D eigenvalue weighted by Crippen LogP contribution is 2.10. The average molecular weight is 277 g/mol. The first-order valence-electron chi connectivity index (χ1n) is 5.99. The molecule has 0 spiro atoms. The van der Waals surface area contributed by atoms with Gasteiger partial charge >= 0.3 is 5.97 Å². The van der Waals surface area contributed by atoms with E-state index < -0.39 is 0 Å². The molecule has 1 aromatic carbocycles. The van der Waals surface area contributed by atoms with E-state index in [1.165, 1.54) is 11.3 Å². The van der Waals surface area contributed by atoms with Crippen LogP contribution in [0.3, 0.4) is 0 Å². The summed E-state index contributed by atoms with van der Waals surface area (Å²) in [6.45, 7) is 2.80. The summed E-state index contributed by atoms with van der Waals surface area (Å²) in [4.78, 5) is 15.5. The maximum absolute atomic E-state index is 11.6. The van der Waals surface area contributed by atoms with Crippen molar-refractivity contribution in [3.05, 3.63) is 46.9 Å². The Morgan fingerprint density at radius 1 is 1.32 bits per heavy atom. The number of rotatable bonds is 6. The molecule has 0 saturated heterocycles. The van der Waals surface area contributed by atoms with Crippen LogP contribution in [0.5, 0.6) is 5.75 Å². The standard InChI is InChI=1S/C14H15NO3S/c1-11(7-17-12-5-3-2-4-6-12)8-18-14(16)13-9-19-10-15-13/h2-6,9-11H,7-8H2,1H3. The van der Waals surface area contributed by atoms with Crippen molar-refractivity contribution in [3.63, 3.8) is 0 Å². The van der Waals surface area contributed by atoms with Gasteiger partial charge in [-0.3, -0.25) is 0 Å². The zero-order valence-corrected chi connectivity index (χ0v) is 11.4. The molecule has 1 atom stereocenters. The number of hydrogen-bond donors (Lipinski definition) is 0. The third kappa shape index (κ3) is 4.37. The fraction of sp³-hybridized carbons (Fsp3) is 0.286. The van der Waals surface area contributed by atoms with Crippen molar-refractivity contribution in [2.24, 2.45) is 5.92 Å². The minimum atomic E-state index is -0.382. The molecule has 1 heterocycles. The molecule has 5 heteroatoms. The van der Waals surface area contributed by atoms with Crippen LogP contribution in [0.4, 0.5) is 0 Å². The average Bonchev–Trinajstić information content (AvgIpc) is 2.98. The van der Waals surface area contributed by atoms with E-state index in [0.717, 1.165) is 5.75 Å².